The van der Waals surface area contributed by atoms with Gasteiger partial charge in [0, 0.05) is 19.0 Å². The van der Waals surface area contributed by atoms with Crippen LogP contribution in [-0.4, -0.2) is 36.2 Å². The number of hydrogen-bond acceptors (Lipinski definition) is 4. The molecule has 0 saturated heterocycles. The van der Waals surface area contributed by atoms with E-state index in [1.165, 1.54) is 6.92 Å². The monoisotopic (exact) mass is 378 g/mol. The average molecular weight is 378 g/mol. The molecule has 27 heavy (non-hydrogen) atoms. The first-order valence-electron chi connectivity index (χ1n) is 8.10. The van der Waals surface area contributed by atoms with E-state index in [0.29, 0.717) is 5.75 Å². The summed E-state index contributed by atoms with van der Waals surface area (Å²) < 4.78 is 31.7. The SMILES string of the molecule is COc1ccc(CC(C)(O)CNC(=O)C(=O)Nc2cc(F)ccc2F)cc1. The summed E-state index contributed by atoms with van der Waals surface area (Å²) in [5.41, 5.74) is -0.962. The highest BCUT2D eigenvalue weighted by molar-refractivity contribution is 6.39. The third-order valence-corrected chi connectivity index (χ3v) is 3.76. The minimum Gasteiger partial charge on any atom is -0.497 e. The van der Waals surface area contributed by atoms with E-state index in [-0.39, 0.29) is 13.0 Å². The van der Waals surface area contributed by atoms with Gasteiger partial charge in [-0.1, -0.05) is 12.1 Å². The van der Waals surface area contributed by atoms with Crippen LogP contribution in [0.1, 0.15) is 12.5 Å². The third kappa shape index (κ3) is 6.03. The van der Waals surface area contributed by atoms with Gasteiger partial charge in [-0.15, -0.1) is 0 Å². The molecule has 0 aliphatic heterocycles. The summed E-state index contributed by atoms with van der Waals surface area (Å²) in [5, 5.41) is 14.7. The Morgan fingerprint density at radius 3 is 2.41 bits per heavy atom. The lowest BCUT2D eigenvalue weighted by Crippen LogP contribution is -2.45. The summed E-state index contributed by atoms with van der Waals surface area (Å²) in [6, 6.07) is 9.52. The maximum Gasteiger partial charge on any atom is 0.313 e. The Balaban J connectivity index is 1.90. The van der Waals surface area contributed by atoms with E-state index in [0.717, 1.165) is 23.8 Å². The van der Waals surface area contributed by atoms with Crippen LogP contribution < -0.4 is 15.4 Å². The van der Waals surface area contributed by atoms with Gasteiger partial charge in [0.15, 0.2) is 0 Å². The van der Waals surface area contributed by atoms with Gasteiger partial charge < -0.3 is 20.5 Å². The molecule has 0 heterocycles. The summed E-state index contributed by atoms with van der Waals surface area (Å²) in [7, 11) is 1.54. The molecule has 0 aliphatic rings. The predicted molar refractivity (Wildman–Crippen MR) is 95.3 cm³/mol. The van der Waals surface area contributed by atoms with Gasteiger partial charge >= 0.3 is 11.8 Å². The molecule has 0 bridgehead atoms. The number of carbonyl (C=O) groups is 2. The number of methoxy groups -OCH3 is 1. The highest BCUT2D eigenvalue weighted by atomic mass is 19.1. The third-order valence-electron chi connectivity index (χ3n) is 3.76. The highest BCUT2D eigenvalue weighted by Gasteiger charge is 2.24. The maximum absolute atomic E-state index is 13.5. The number of amides is 2. The Morgan fingerprint density at radius 2 is 1.78 bits per heavy atom. The van der Waals surface area contributed by atoms with Crippen LogP contribution in [0, 0.1) is 11.6 Å². The van der Waals surface area contributed by atoms with Crippen molar-refractivity contribution >= 4 is 17.5 Å². The van der Waals surface area contributed by atoms with Gasteiger partial charge in [-0.25, -0.2) is 8.78 Å². The van der Waals surface area contributed by atoms with Crippen LogP contribution >= 0.6 is 0 Å². The maximum atomic E-state index is 13.5. The summed E-state index contributed by atoms with van der Waals surface area (Å²) in [6.07, 6.45) is 0.220. The van der Waals surface area contributed by atoms with Crippen LogP contribution in [0.3, 0.4) is 0 Å². The van der Waals surface area contributed by atoms with Gasteiger partial charge in [0.2, 0.25) is 0 Å². The lowest BCUT2D eigenvalue weighted by molar-refractivity contribution is -0.136. The van der Waals surface area contributed by atoms with E-state index in [1.807, 2.05) is 5.32 Å². The minimum atomic E-state index is -1.32. The first-order chi connectivity index (χ1) is 12.7. The molecule has 3 N–H and O–H groups in total. The molecule has 2 rings (SSSR count). The first-order valence-corrected chi connectivity index (χ1v) is 8.10. The zero-order valence-corrected chi connectivity index (χ0v) is 14.9. The highest BCUT2D eigenvalue weighted by Crippen LogP contribution is 2.17. The normalized spacial score (nSPS) is 12.8. The second-order valence-electron chi connectivity index (χ2n) is 6.28. The molecule has 1 unspecified atom stereocenters. The summed E-state index contributed by atoms with van der Waals surface area (Å²) in [6.45, 7) is 1.29. The van der Waals surface area contributed by atoms with Crippen LogP contribution in [0.15, 0.2) is 42.5 Å². The number of ether oxygens (including phenoxy) is 1. The Morgan fingerprint density at radius 1 is 1.11 bits per heavy atom. The fourth-order valence-corrected chi connectivity index (χ4v) is 2.37. The first kappa shape index (κ1) is 20.3. The number of rotatable bonds is 6. The van der Waals surface area contributed by atoms with Crippen LogP contribution in [0.4, 0.5) is 14.5 Å². The number of anilines is 1. The van der Waals surface area contributed by atoms with Crippen molar-refractivity contribution in [3.63, 3.8) is 0 Å². The second kappa shape index (κ2) is 8.59. The van der Waals surface area contributed by atoms with E-state index in [2.05, 4.69) is 5.32 Å². The molecule has 8 heteroatoms. The summed E-state index contributed by atoms with van der Waals surface area (Å²) in [5.74, 6) is -3.19. The fraction of sp³-hybridized carbons (Fsp3) is 0.263. The van der Waals surface area contributed by atoms with Crippen molar-refractivity contribution in [1.82, 2.24) is 5.32 Å². The molecule has 0 spiro atoms. The molecular weight excluding hydrogens is 358 g/mol. The number of carbonyl (C=O) groups excluding carboxylic acids is 2. The number of halogens is 2. The Bertz CT molecular complexity index is 823. The number of hydrogen-bond donors (Lipinski definition) is 3. The molecule has 6 nitrogen and oxygen atoms in total. The molecule has 0 saturated carbocycles. The zero-order chi connectivity index (χ0) is 20.0. The molecule has 0 radical (unpaired) electrons. The number of aliphatic hydroxyl groups is 1. The molecule has 144 valence electrons. The van der Waals surface area contributed by atoms with Gasteiger partial charge in [0.05, 0.1) is 18.4 Å². The van der Waals surface area contributed by atoms with Crippen LogP contribution in [-0.2, 0) is 16.0 Å². The van der Waals surface area contributed by atoms with E-state index in [9.17, 15) is 23.5 Å². The predicted octanol–water partition coefficient (Wildman–Crippen LogP) is 2.02. The number of nitrogens with one attached hydrogen (secondary N) is 2. The van der Waals surface area contributed by atoms with E-state index in [1.54, 1.807) is 31.4 Å². The topological polar surface area (TPSA) is 87.7 Å². The van der Waals surface area contributed by atoms with Crippen molar-refractivity contribution in [2.45, 2.75) is 18.9 Å². The van der Waals surface area contributed by atoms with E-state index >= 15 is 0 Å². The minimum absolute atomic E-state index is 0.211. The van der Waals surface area contributed by atoms with Crippen molar-refractivity contribution in [2.24, 2.45) is 0 Å². The molecule has 1 atom stereocenters. The summed E-state index contributed by atoms with van der Waals surface area (Å²) >= 11 is 0. The van der Waals surface area contributed by atoms with Crippen molar-refractivity contribution < 1.29 is 28.2 Å². The largest absolute Gasteiger partial charge is 0.497 e. The Kier molecular flexibility index (Phi) is 6.46. The van der Waals surface area contributed by atoms with Gasteiger partial charge in [0.25, 0.3) is 0 Å². The lowest BCUT2D eigenvalue weighted by Gasteiger charge is -2.23. The molecule has 0 fully saturated rings. The smallest absolute Gasteiger partial charge is 0.313 e. The van der Waals surface area contributed by atoms with Crippen molar-refractivity contribution in [3.05, 3.63) is 59.7 Å². The Hall–Kier alpha value is -3.00. The van der Waals surface area contributed by atoms with Crippen LogP contribution in [0.5, 0.6) is 5.75 Å². The standard InChI is InChI=1S/C19H20F2N2O4/c1-19(26,10-12-3-6-14(27-2)7-4-12)11-22-17(24)18(25)23-16-9-13(20)5-8-15(16)21/h3-9,26H,10-11H2,1-2H3,(H,22,24)(H,23,25). The van der Waals surface area contributed by atoms with Gasteiger partial charge in [0.1, 0.15) is 17.4 Å². The average Bonchev–Trinajstić information content (AvgIpc) is 2.63. The molecule has 2 aromatic carbocycles. The van der Waals surface area contributed by atoms with E-state index in [4.69, 9.17) is 4.74 Å². The molecule has 2 amide bonds. The Labute approximate surface area is 155 Å². The van der Waals surface area contributed by atoms with Crippen LogP contribution in [0.2, 0.25) is 0 Å². The molecule has 2 aromatic rings. The van der Waals surface area contributed by atoms with E-state index < -0.39 is 34.7 Å². The molecular formula is C19H20F2N2O4. The van der Waals surface area contributed by atoms with Crippen LogP contribution in [0.25, 0.3) is 0 Å². The molecule has 0 aromatic heterocycles. The second-order valence-corrected chi connectivity index (χ2v) is 6.28. The van der Waals surface area contributed by atoms with Gasteiger partial charge in [-0.2, -0.15) is 0 Å². The van der Waals surface area contributed by atoms with Gasteiger partial charge in [-0.3, -0.25) is 9.59 Å². The zero-order valence-electron chi connectivity index (χ0n) is 14.9. The van der Waals surface area contributed by atoms with Crippen molar-refractivity contribution in [1.29, 1.82) is 0 Å². The van der Waals surface area contributed by atoms with Crippen molar-refractivity contribution in [3.8, 4) is 5.75 Å². The molecule has 0 aliphatic carbocycles. The van der Waals surface area contributed by atoms with Crippen molar-refractivity contribution in [2.75, 3.05) is 19.0 Å². The summed E-state index contributed by atoms with van der Waals surface area (Å²) in [4.78, 5) is 23.7. The fourth-order valence-electron chi connectivity index (χ4n) is 2.37. The lowest BCUT2D eigenvalue weighted by atomic mass is 9.96. The van der Waals surface area contributed by atoms with Gasteiger partial charge in [-0.05, 0) is 36.8 Å². The number of benzene rings is 2. The quantitative estimate of drug-likeness (QED) is 0.671.